The van der Waals surface area contributed by atoms with Gasteiger partial charge in [0.05, 0.1) is 5.56 Å². The molecule has 3 aliphatic heterocycles. The molecular formula is C21H26N4O4. The van der Waals surface area contributed by atoms with Crippen molar-refractivity contribution in [2.24, 2.45) is 17.8 Å². The minimum Gasteiger partial charge on any atom is -0.466 e. The maximum atomic E-state index is 13.2. The van der Waals surface area contributed by atoms with Gasteiger partial charge in [0, 0.05) is 30.7 Å². The van der Waals surface area contributed by atoms with E-state index in [1.807, 2.05) is 4.90 Å². The summed E-state index contributed by atoms with van der Waals surface area (Å²) in [5.41, 5.74) is 0.923. The number of anilines is 1. The molecule has 29 heavy (non-hydrogen) atoms. The molecule has 2 saturated heterocycles. The van der Waals surface area contributed by atoms with Crippen LogP contribution in [0.2, 0.25) is 0 Å². The van der Waals surface area contributed by atoms with Crippen molar-refractivity contribution < 1.29 is 19.1 Å². The first kappa shape index (κ1) is 18.4. The summed E-state index contributed by atoms with van der Waals surface area (Å²) in [7, 11) is 0. The van der Waals surface area contributed by atoms with E-state index in [0.29, 0.717) is 35.5 Å². The van der Waals surface area contributed by atoms with Crippen molar-refractivity contribution in [3.63, 3.8) is 0 Å². The van der Waals surface area contributed by atoms with E-state index < -0.39 is 0 Å². The van der Waals surface area contributed by atoms with Crippen molar-refractivity contribution in [1.29, 1.82) is 0 Å². The van der Waals surface area contributed by atoms with E-state index in [0.717, 1.165) is 32.1 Å². The quantitative estimate of drug-likeness (QED) is 0.802. The van der Waals surface area contributed by atoms with Gasteiger partial charge in [0.25, 0.3) is 11.8 Å². The van der Waals surface area contributed by atoms with Crippen LogP contribution in [0.1, 0.15) is 49.4 Å². The molecule has 1 aromatic rings. The van der Waals surface area contributed by atoms with Crippen LogP contribution in [0, 0.1) is 17.8 Å². The highest BCUT2D eigenvalue weighted by Gasteiger charge is 2.44. The Hall–Kier alpha value is -2.64. The Bertz CT molecular complexity index is 858. The van der Waals surface area contributed by atoms with Crippen molar-refractivity contribution in [3.8, 4) is 5.88 Å². The van der Waals surface area contributed by atoms with Crippen LogP contribution in [0.25, 0.3) is 0 Å². The van der Waals surface area contributed by atoms with Crippen molar-refractivity contribution in [2.75, 3.05) is 18.5 Å². The molecule has 8 heteroatoms. The van der Waals surface area contributed by atoms with Crippen LogP contribution in [0.4, 0.5) is 5.69 Å². The van der Waals surface area contributed by atoms with Gasteiger partial charge < -0.3 is 20.3 Å². The number of rotatable bonds is 4. The summed E-state index contributed by atoms with van der Waals surface area (Å²) in [6.45, 7) is 2.77. The highest BCUT2D eigenvalue weighted by Crippen LogP contribution is 2.41. The Balaban J connectivity index is 1.23. The monoisotopic (exact) mass is 398 g/mol. The van der Waals surface area contributed by atoms with E-state index in [4.69, 9.17) is 4.74 Å². The number of aromatic nitrogens is 1. The van der Waals surface area contributed by atoms with Gasteiger partial charge in [-0.3, -0.25) is 14.4 Å². The topological polar surface area (TPSA) is 101 Å². The van der Waals surface area contributed by atoms with E-state index in [2.05, 4.69) is 22.5 Å². The Morgan fingerprint density at radius 2 is 2.00 bits per heavy atom. The number of carbonyl (C=O) groups excluding carboxylic acids is 3. The minimum absolute atomic E-state index is 0.0399. The average molecular weight is 398 g/mol. The first-order valence-electron chi connectivity index (χ1n) is 10.5. The molecule has 5 rings (SSSR count). The zero-order valence-corrected chi connectivity index (χ0v) is 16.5. The highest BCUT2D eigenvalue weighted by molar-refractivity contribution is 5.99. The molecule has 3 amide bonds. The molecule has 154 valence electrons. The first-order valence-corrected chi connectivity index (χ1v) is 10.5. The normalized spacial score (nSPS) is 32.1. The van der Waals surface area contributed by atoms with Crippen LogP contribution in [-0.4, -0.2) is 52.8 Å². The summed E-state index contributed by atoms with van der Waals surface area (Å²) in [6.07, 6.45) is 6.37. The molecule has 4 heterocycles. The number of pyridine rings is 1. The van der Waals surface area contributed by atoms with E-state index in [9.17, 15) is 14.4 Å². The largest absolute Gasteiger partial charge is 0.466 e. The van der Waals surface area contributed by atoms with Crippen LogP contribution in [-0.2, 0) is 9.59 Å². The molecule has 1 saturated carbocycles. The van der Waals surface area contributed by atoms with Crippen molar-refractivity contribution >= 4 is 23.4 Å². The van der Waals surface area contributed by atoms with Gasteiger partial charge >= 0.3 is 0 Å². The second-order valence-corrected chi connectivity index (χ2v) is 8.91. The van der Waals surface area contributed by atoms with Crippen molar-refractivity contribution in [1.82, 2.24) is 15.2 Å². The van der Waals surface area contributed by atoms with Gasteiger partial charge in [-0.25, -0.2) is 4.98 Å². The van der Waals surface area contributed by atoms with Crippen LogP contribution in [0.15, 0.2) is 12.3 Å². The molecule has 4 aliphatic rings. The Morgan fingerprint density at radius 3 is 2.69 bits per heavy atom. The fourth-order valence-electron chi connectivity index (χ4n) is 5.09. The second-order valence-electron chi connectivity index (χ2n) is 8.91. The lowest BCUT2D eigenvalue weighted by Crippen LogP contribution is -2.48. The van der Waals surface area contributed by atoms with Crippen LogP contribution in [0.3, 0.4) is 0 Å². The number of piperidine rings is 1. The van der Waals surface area contributed by atoms with Gasteiger partial charge in [0.1, 0.15) is 5.69 Å². The maximum Gasteiger partial charge on any atom is 0.262 e. The Labute approximate surface area is 169 Å². The van der Waals surface area contributed by atoms with Gasteiger partial charge in [-0.2, -0.15) is 0 Å². The number of amides is 3. The molecule has 2 N–H and O–H groups in total. The summed E-state index contributed by atoms with van der Waals surface area (Å²) >= 11 is 0. The van der Waals surface area contributed by atoms with E-state index >= 15 is 0 Å². The SMILES string of the molecule is C[C@H]1C[C@@H]1C(=O)NCC1C[C@H]2CC[C@@H](C1)N2C(=O)c1cnc2c(c1)NC(=O)CO2. The molecule has 0 radical (unpaired) electrons. The van der Waals surface area contributed by atoms with Gasteiger partial charge in [-0.15, -0.1) is 0 Å². The molecule has 1 aromatic heterocycles. The van der Waals surface area contributed by atoms with E-state index in [1.54, 1.807) is 6.07 Å². The standard InChI is InChI=1S/C21H26N4O4/c1-11-4-16(11)19(27)22-8-12-5-14-2-3-15(6-12)25(14)21(28)13-7-17-20(23-9-13)29-10-18(26)24-17/h7,9,11-12,14-16H,2-6,8,10H2,1H3,(H,22,27)(H,24,26)/t11-,12?,14-,15+,16-/m0/s1. The van der Waals surface area contributed by atoms with Crippen molar-refractivity contribution in [3.05, 3.63) is 17.8 Å². The lowest BCUT2D eigenvalue weighted by Gasteiger charge is -2.39. The lowest BCUT2D eigenvalue weighted by molar-refractivity contribution is -0.123. The number of ether oxygens (including phenoxy) is 1. The molecule has 3 fully saturated rings. The second kappa shape index (κ2) is 7.00. The molecule has 5 atom stereocenters. The molecule has 8 nitrogen and oxygen atoms in total. The Morgan fingerprint density at radius 1 is 1.28 bits per heavy atom. The number of fused-ring (bicyclic) bond motifs is 3. The van der Waals surface area contributed by atoms with Gasteiger partial charge in [0.2, 0.25) is 11.8 Å². The predicted octanol–water partition coefficient (Wildman–Crippen LogP) is 1.57. The van der Waals surface area contributed by atoms with Crippen LogP contribution < -0.4 is 15.4 Å². The number of hydrogen-bond acceptors (Lipinski definition) is 5. The molecule has 1 unspecified atom stereocenters. The van der Waals surface area contributed by atoms with Gasteiger partial charge in [0.15, 0.2) is 6.61 Å². The smallest absolute Gasteiger partial charge is 0.262 e. The van der Waals surface area contributed by atoms with E-state index in [1.165, 1.54) is 6.20 Å². The number of carbonyl (C=O) groups is 3. The lowest BCUT2D eigenvalue weighted by atomic mass is 9.90. The summed E-state index contributed by atoms with van der Waals surface area (Å²) in [6, 6.07) is 2.05. The van der Waals surface area contributed by atoms with E-state index in [-0.39, 0.29) is 42.3 Å². The third-order valence-electron chi connectivity index (χ3n) is 6.79. The molecule has 0 spiro atoms. The minimum atomic E-state index is -0.243. The van der Waals surface area contributed by atoms with Gasteiger partial charge in [-0.05, 0) is 50.0 Å². The van der Waals surface area contributed by atoms with Crippen molar-refractivity contribution in [2.45, 2.75) is 51.1 Å². The third kappa shape index (κ3) is 3.45. The summed E-state index contributed by atoms with van der Waals surface area (Å²) in [5, 5.41) is 5.83. The zero-order chi connectivity index (χ0) is 20.1. The van der Waals surface area contributed by atoms with Gasteiger partial charge in [-0.1, -0.05) is 6.92 Å². The highest BCUT2D eigenvalue weighted by atomic mass is 16.5. The molecule has 0 aromatic carbocycles. The number of nitrogens with zero attached hydrogens (tertiary/aromatic N) is 2. The fraction of sp³-hybridized carbons (Fsp3) is 0.619. The Kier molecular flexibility index (Phi) is 4.44. The molecule has 1 aliphatic carbocycles. The predicted molar refractivity (Wildman–Crippen MR) is 104 cm³/mol. The van der Waals surface area contributed by atoms with Crippen LogP contribution in [0.5, 0.6) is 5.88 Å². The zero-order valence-electron chi connectivity index (χ0n) is 16.5. The molecule has 2 bridgehead atoms. The summed E-state index contributed by atoms with van der Waals surface area (Å²) in [5.74, 6) is 1.40. The first-order chi connectivity index (χ1) is 14.0. The van der Waals surface area contributed by atoms with Crippen LogP contribution >= 0.6 is 0 Å². The molecular weight excluding hydrogens is 372 g/mol. The fourth-order valence-corrected chi connectivity index (χ4v) is 5.09. The summed E-state index contributed by atoms with van der Waals surface area (Å²) < 4.78 is 5.28. The number of hydrogen-bond donors (Lipinski definition) is 2. The third-order valence-corrected chi connectivity index (χ3v) is 6.79. The number of nitrogens with one attached hydrogen (secondary N) is 2. The maximum absolute atomic E-state index is 13.2. The average Bonchev–Trinajstić information content (AvgIpc) is 3.39. The summed E-state index contributed by atoms with van der Waals surface area (Å²) in [4.78, 5) is 43.0.